The first kappa shape index (κ1) is 13.5. The molecule has 0 atom stereocenters. The van der Waals surface area contributed by atoms with Crippen LogP contribution in [-0.4, -0.2) is 20.9 Å². The van der Waals surface area contributed by atoms with Crippen molar-refractivity contribution in [3.63, 3.8) is 0 Å². The topological polar surface area (TPSA) is 81.8 Å². The minimum absolute atomic E-state index is 0.0946. The highest BCUT2D eigenvalue weighted by atomic mass is 16.1. The lowest BCUT2D eigenvalue weighted by Crippen LogP contribution is -2.19. The molecular formula is C12H20N4O. The number of primary amides is 1. The maximum Gasteiger partial charge on any atom is 0.286 e. The molecule has 2 N–H and O–H groups in total. The van der Waals surface area contributed by atoms with Crippen molar-refractivity contribution in [2.45, 2.75) is 52.4 Å². The third kappa shape index (κ3) is 4.46. The molecule has 0 radical (unpaired) electrons. The lowest BCUT2D eigenvalue weighted by Gasteiger charge is -2.04. The third-order valence-corrected chi connectivity index (χ3v) is 2.46. The summed E-state index contributed by atoms with van der Waals surface area (Å²) in [5.74, 6) is 0.878. The second-order valence-corrected chi connectivity index (χ2v) is 4.06. The molecule has 1 heterocycles. The minimum Gasteiger partial charge on any atom is -0.363 e. The van der Waals surface area contributed by atoms with Gasteiger partial charge in [-0.15, -0.1) is 0 Å². The molecule has 1 rings (SSSR count). The Morgan fingerprint density at radius 2 is 1.47 bits per heavy atom. The zero-order valence-corrected chi connectivity index (χ0v) is 10.6. The van der Waals surface area contributed by atoms with E-state index in [4.69, 9.17) is 5.73 Å². The van der Waals surface area contributed by atoms with Crippen LogP contribution < -0.4 is 5.73 Å². The number of hydrogen-bond acceptors (Lipinski definition) is 4. The molecule has 5 heteroatoms. The quantitative estimate of drug-likeness (QED) is 0.780. The molecule has 0 saturated heterocycles. The number of amides is 1. The van der Waals surface area contributed by atoms with E-state index in [-0.39, 0.29) is 5.82 Å². The van der Waals surface area contributed by atoms with E-state index >= 15 is 0 Å². The first-order chi connectivity index (χ1) is 8.17. The number of nitrogens with zero attached hydrogens (tertiary/aromatic N) is 3. The average molecular weight is 236 g/mol. The van der Waals surface area contributed by atoms with Crippen LogP contribution in [0, 0.1) is 0 Å². The number of unbranched alkanes of at least 4 members (excludes halogenated alkanes) is 2. The normalized spacial score (nSPS) is 10.5. The summed E-state index contributed by atoms with van der Waals surface area (Å²) in [6.07, 6.45) is 5.71. The first-order valence-electron chi connectivity index (χ1n) is 6.21. The maximum atomic E-state index is 11.1. The van der Waals surface area contributed by atoms with Gasteiger partial charge in [0.05, 0.1) is 0 Å². The molecular weight excluding hydrogens is 216 g/mol. The van der Waals surface area contributed by atoms with Crippen LogP contribution in [0.1, 0.15) is 61.8 Å². The van der Waals surface area contributed by atoms with E-state index in [0.29, 0.717) is 11.6 Å². The molecule has 0 aliphatic carbocycles. The van der Waals surface area contributed by atoms with Crippen LogP contribution in [0.15, 0.2) is 0 Å². The van der Waals surface area contributed by atoms with Gasteiger partial charge in [-0.2, -0.15) is 0 Å². The molecule has 0 bridgehead atoms. The average Bonchev–Trinajstić information content (AvgIpc) is 2.33. The Hall–Kier alpha value is -1.52. The molecule has 0 unspecified atom stereocenters. The Labute approximate surface area is 102 Å². The van der Waals surface area contributed by atoms with Crippen LogP contribution >= 0.6 is 0 Å². The SMILES string of the molecule is CCCCc1nc(CCCC)nc(C(N)=O)n1. The molecule has 5 nitrogen and oxygen atoms in total. The van der Waals surface area contributed by atoms with Crippen molar-refractivity contribution in [1.29, 1.82) is 0 Å². The fraction of sp³-hybridized carbons (Fsp3) is 0.667. The van der Waals surface area contributed by atoms with Crippen LogP contribution in [0.4, 0.5) is 0 Å². The van der Waals surface area contributed by atoms with Gasteiger partial charge < -0.3 is 5.73 Å². The molecule has 1 aromatic rings. The fourth-order valence-corrected chi connectivity index (χ4v) is 1.47. The number of carbonyl (C=O) groups is 1. The molecule has 0 aliphatic heterocycles. The van der Waals surface area contributed by atoms with Crippen LogP contribution in [0.5, 0.6) is 0 Å². The Bertz CT molecular complexity index is 353. The van der Waals surface area contributed by atoms with Crippen LogP contribution in [0.3, 0.4) is 0 Å². The Morgan fingerprint density at radius 3 is 1.82 bits per heavy atom. The predicted octanol–water partition coefficient (Wildman–Crippen LogP) is 1.66. The van der Waals surface area contributed by atoms with Gasteiger partial charge in [-0.25, -0.2) is 15.0 Å². The molecule has 17 heavy (non-hydrogen) atoms. The highest BCUT2D eigenvalue weighted by molar-refractivity contribution is 5.88. The van der Waals surface area contributed by atoms with Gasteiger partial charge in [0.1, 0.15) is 11.6 Å². The third-order valence-electron chi connectivity index (χ3n) is 2.46. The molecule has 0 aliphatic rings. The van der Waals surface area contributed by atoms with E-state index in [9.17, 15) is 4.79 Å². The van der Waals surface area contributed by atoms with E-state index < -0.39 is 5.91 Å². The van der Waals surface area contributed by atoms with Gasteiger partial charge in [-0.3, -0.25) is 4.79 Å². The molecule has 1 amide bonds. The molecule has 0 aromatic carbocycles. The summed E-state index contributed by atoms with van der Waals surface area (Å²) in [5, 5.41) is 0. The van der Waals surface area contributed by atoms with E-state index in [2.05, 4.69) is 28.8 Å². The number of nitrogens with two attached hydrogens (primary N) is 1. The van der Waals surface area contributed by atoms with Crippen molar-refractivity contribution in [2.24, 2.45) is 5.73 Å². The van der Waals surface area contributed by atoms with E-state index in [0.717, 1.165) is 38.5 Å². The maximum absolute atomic E-state index is 11.1. The Balaban J connectivity index is 2.88. The highest BCUT2D eigenvalue weighted by Crippen LogP contribution is 2.04. The fourth-order valence-electron chi connectivity index (χ4n) is 1.47. The number of carbonyl (C=O) groups excluding carboxylic acids is 1. The standard InChI is InChI=1S/C12H20N4O/c1-3-5-7-9-14-10(8-6-4-2)16-12(15-9)11(13)17/h3-8H2,1-2H3,(H2,13,17). The van der Waals surface area contributed by atoms with E-state index in [1.807, 2.05) is 0 Å². The van der Waals surface area contributed by atoms with Crippen molar-refractivity contribution in [1.82, 2.24) is 15.0 Å². The summed E-state index contributed by atoms with van der Waals surface area (Å²) in [4.78, 5) is 23.6. The van der Waals surface area contributed by atoms with Gasteiger partial charge in [-0.05, 0) is 12.8 Å². The zero-order valence-electron chi connectivity index (χ0n) is 10.6. The lowest BCUT2D eigenvalue weighted by atomic mass is 10.2. The second-order valence-electron chi connectivity index (χ2n) is 4.06. The second kappa shape index (κ2) is 6.93. The van der Waals surface area contributed by atoms with Crippen LogP contribution in [-0.2, 0) is 12.8 Å². The first-order valence-corrected chi connectivity index (χ1v) is 6.21. The number of aromatic nitrogens is 3. The zero-order chi connectivity index (χ0) is 12.7. The summed E-state index contributed by atoms with van der Waals surface area (Å²) in [6.45, 7) is 4.21. The minimum atomic E-state index is -0.581. The van der Waals surface area contributed by atoms with Crippen LogP contribution in [0.2, 0.25) is 0 Å². The van der Waals surface area contributed by atoms with Gasteiger partial charge in [0.2, 0.25) is 5.82 Å². The van der Waals surface area contributed by atoms with E-state index in [1.165, 1.54) is 0 Å². The lowest BCUT2D eigenvalue weighted by molar-refractivity contribution is 0.0989. The van der Waals surface area contributed by atoms with Gasteiger partial charge in [0.15, 0.2) is 0 Å². The van der Waals surface area contributed by atoms with Gasteiger partial charge in [0, 0.05) is 12.8 Å². The number of hydrogen-bond donors (Lipinski definition) is 1. The van der Waals surface area contributed by atoms with Gasteiger partial charge in [0.25, 0.3) is 5.91 Å². The monoisotopic (exact) mass is 236 g/mol. The van der Waals surface area contributed by atoms with E-state index in [1.54, 1.807) is 0 Å². The van der Waals surface area contributed by atoms with Gasteiger partial charge in [-0.1, -0.05) is 26.7 Å². The molecule has 0 fully saturated rings. The molecule has 0 saturated carbocycles. The molecule has 0 spiro atoms. The largest absolute Gasteiger partial charge is 0.363 e. The molecule has 1 aromatic heterocycles. The summed E-state index contributed by atoms with van der Waals surface area (Å²) >= 11 is 0. The predicted molar refractivity (Wildman–Crippen MR) is 65.6 cm³/mol. The van der Waals surface area contributed by atoms with Crippen molar-refractivity contribution < 1.29 is 4.79 Å². The Kier molecular flexibility index (Phi) is 5.52. The van der Waals surface area contributed by atoms with Gasteiger partial charge >= 0.3 is 0 Å². The van der Waals surface area contributed by atoms with Crippen molar-refractivity contribution in [2.75, 3.05) is 0 Å². The summed E-state index contributed by atoms with van der Waals surface area (Å²) in [5.41, 5.74) is 5.22. The Morgan fingerprint density at radius 1 is 1.00 bits per heavy atom. The summed E-state index contributed by atoms with van der Waals surface area (Å²) < 4.78 is 0. The number of rotatable bonds is 7. The molecule has 94 valence electrons. The van der Waals surface area contributed by atoms with Crippen molar-refractivity contribution in [3.8, 4) is 0 Å². The number of aryl methyl sites for hydroxylation is 2. The highest BCUT2D eigenvalue weighted by Gasteiger charge is 2.10. The van der Waals surface area contributed by atoms with Crippen LogP contribution in [0.25, 0.3) is 0 Å². The summed E-state index contributed by atoms with van der Waals surface area (Å²) in [7, 11) is 0. The summed E-state index contributed by atoms with van der Waals surface area (Å²) in [6, 6.07) is 0. The van der Waals surface area contributed by atoms with Crippen molar-refractivity contribution >= 4 is 5.91 Å². The van der Waals surface area contributed by atoms with Crippen molar-refractivity contribution in [3.05, 3.63) is 17.5 Å². The smallest absolute Gasteiger partial charge is 0.286 e.